The zero-order valence-electron chi connectivity index (χ0n) is 19.8. The van der Waals surface area contributed by atoms with Crippen LogP contribution in [0.15, 0.2) is 48.6 Å². The van der Waals surface area contributed by atoms with E-state index in [1.807, 2.05) is 0 Å². The summed E-state index contributed by atoms with van der Waals surface area (Å²) in [6, 6.07) is 1.78. The van der Waals surface area contributed by atoms with Crippen molar-refractivity contribution in [3.05, 3.63) is 48.6 Å². The predicted molar refractivity (Wildman–Crippen MR) is 122 cm³/mol. The number of allylic oxidation sites excluding steroid dienone is 4. The molecule has 34 heavy (non-hydrogen) atoms. The van der Waals surface area contributed by atoms with Gasteiger partial charge >= 0.3 is 0 Å². The highest BCUT2D eigenvalue weighted by atomic mass is 19.1. The van der Waals surface area contributed by atoms with Crippen molar-refractivity contribution in [3.8, 4) is 0 Å². The van der Waals surface area contributed by atoms with E-state index in [2.05, 4.69) is 9.97 Å². The third kappa shape index (κ3) is 3.18. The van der Waals surface area contributed by atoms with Crippen LogP contribution in [0.5, 0.6) is 0 Å². The number of hydrogen-bond acceptors (Lipinski definition) is 7. The maximum absolute atomic E-state index is 16.9. The molecular formula is C26H33FN2O5. The van der Waals surface area contributed by atoms with Gasteiger partial charge in [-0.1, -0.05) is 25.5 Å². The van der Waals surface area contributed by atoms with E-state index in [0.29, 0.717) is 24.8 Å². The second-order valence-electron chi connectivity index (χ2n) is 10.7. The number of fused-ring (bicyclic) bond motifs is 5. The zero-order valence-corrected chi connectivity index (χ0v) is 19.8. The minimum atomic E-state index is -1.98. The smallest absolute Gasteiger partial charge is 0.190 e. The van der Waals surface area contributed by atoms with Gasteiger partial charge in [0.15, 0.2) is 17.2 Å². The fourth-order valence-corrected chi connectivity index (χ4v) is 7.51. The lowest BCUT2D eigenvalue weighted by Crippen LogP contribution is -2.69. The highest BCUT2D eigenvalue weighted by Crippen LogP contribution is 2.70. The van der Waals surface area contributed by atoms with E-state index >= 15 is 4.39 Å². The number of carbonyl (C=O) groups is 2. The summed E-state index contributed by atoms with van der Waals surface area (Å²) in [4.78, 5) is 31.7. The Balaban J connectivity index is 0.000000398. The van der Waals surface area contributed by atoms with Crippen molar-refractivity contribution in [2.75, 3.05) is 6.61 Å². The normalized spacial score (nSPS) is 44.7. The van der Waals surface area contributed by atoms with E-state index in [0.717, 1.165) is 0 Å². The lowest BCUT2D eigenvalue weighted by Gasteiger charge is -2.62. The van der Waals surface area contributed by atoms with Crippen LogP contribution < -0.4 is 0 Å². The molecule has 0 radical (unpaired) electrons. The summed E-state index contributed by atoms with van der Waals surface area (Å²) in [6.45, 7) is 4.48. The average Bonchev–Trinajstić information content (AvgIpc) is 3.03. The molecule has 3 saturated carbocycles. The Morgan fingerprint density at radius 3 is 2.47 bits per heavy atom. The van der Waals surface area contributed by atoms with Crippen molar-refractivity contribution < 1.29 is 29.3 Å². The molecule has 0 amide bonds. The van der Waals surface area contributed by atoms with Crippen molar-refractivity contribution >= 4 is 11.6 Å². The molecule has 0 spiro atoms. The largest absolute Gasteiger partial charge is 0.390 e. The molecule has 8 heteroatoms. The number of rotatable bonds is 2. The average molecular weight is 473 g/mol. The molecule has 7 nitrogen and oxygen atoms in total. The molecule has 1 aromatic rings. The van der Waals surface area contributed by atoms with Gasteiger partial charge in [-0.25, -0.2) is 14.4 Å². The third-order valence-corrected chi connectivity index (χ3v) is 9.27. The van der Waals surface area contributed by atoms with Gasteiger partial charge in [0.1, 0.15) is 18.5 Å². The van der Waals surface area contributed by atoms with E-state index < -0.39 is 52.4 Å². The molecule has 1 heterocycles. The molecule has 4 aliphatic rings. The van der Waals surface area contributed by atoms with Crippen LogP contribution in [0.2, 0.25) is 0 Å². The van der Waals surface area contributed by atoms with E-state index in [1.54, 1.807) is 45.3 Å². The van der Waals surface area contributed by atoms with Gasteiger partial charge in [-0.15, -0.1) is 0 Å². The summed E-state index contributed by atoms with van der Waals surface area (Å²) < 4.78 is 16.9. The van der Waals surface area contributed by atoms with Crippen LogP contribution in [0.25, 0.3) is 0 Å². The van der Waals surface area contributed by atoms with Crippen LogP contribution in [-0.4, -0.2) is 60.8 Å². The number of nitrogens with zero attached hydrogens (tertiary/aromatic N) is 2. The molecule has 0 bridgehead atoms. The fraction of sp³-hybridized carbons (Fsp3) is 0.615. The number of carbonyl (C=O) groups excluding carboxylic acids is 2. The van der Waals surface area contributed by atoms with Crippen LogP contribution in [0, 0.1) is 28.6 Å². The topological polar surface area (TPSA) is 121 Å². The summed E-state index contributed by atoms with van der Waals surface area (Å²) in [7, 11) is 0. The molecular weight excluding hydrogens is 439 g/mol. The molecule has 3 fully saturated rings. The Morgan fingerprint density at radius 2 is 1.91 bits per heavy atom. The molecule has 0 unspecified atom stereocenters. The predicted octanol–water partition coefficient (Wildman–Crippen LogP) is 2.37. The van der Waals surface area contributed by atoms with Crippen LogP contribution in [-0.2, 0) is 9.59 Å². The fourth-order valence-electron chi connectivity index (χ4n) is 7.51. The first-order chi connectivity index (χ1) is 16.0. The van der Waals surface area contributed by atoms with Crippen molar-refractivity contribution in [3.63, 3.8) is 0 Å². The first kappa shape index (κ1) is 24.8. The molecule has 0 aromatic carbocycles. The van der Waals surface area contributed by atoms with Gasteiger partial charge in [-0.2, -0.15) is 0 Å². The number of Topliss-reactive ketones (excluding diaryl/α,β-unsaturated/α-hetero) is 1. The van der Waals surface area contributed by atoms with Crippen molar-refractivity contribution in [1.82, 2.24) is 9.97 Å². The lowest BCUT2D eigenvalue weighted by molar-refractivity contribution is -0.219. The number of aliphatic hydroxyl groups excluding tert-OH is 2. The molecule has 8 atom stereocenters. The third-order valence-electron chi connectivity index (χ3n) is 9.27. The van der Waals surface area contributed by atoms with E-state index in [-0.39, 0.29) is 18.1 Å². The van der Waals surface area contributed by atoms with Gasteiger partial charge < -0.3 is 15.3 Å². The van der Waals surface area contributed by atoms with Gasteiger partial charge in [-0.05, 0) is 62.7 Å². The second-order valence-corrected chi connectivity index (χ2v) is 10.7. The molecule has 5 rings (SSSR count). The van der Waals surface area contributed by atoms with Gasteiger partial charge in [0.05, 0.1) is 6.10 Å². The highest BCUT2D eigenvalue weighted by molar-refractivity contribution is 6.01. The monoisotopic (exact) mass is 472 g/mol. The number of hydrogen-bond donors (Lipinski definition) is 3. The van der Waals surface area contributed by atoms with Gasteiger partial charge in [0.25, 0.3) is 0 Å². The minimum Gasteiger partial charge on any atom is -0.390 e. The van der Waals surface area contributed by atoms with Crippen LogP contribution >= 0.6 is 0 Å². The van der Waals surface area contributed by atoms with Gasteiger partial charge in [-0.3, -0.25) is 9.59 Å². The Labute approximate surface area is 198 Å². The molecule has 1 aromatic heterocycles. The Kier molecular flexibility index (Phi) is 6.15. The van der Waals surface area contributed by atoms with Crippen LogP contribution in [0.3, 0.4) is 0 Å². The number of aliphatic hydroxyl groups is 3. The highest BCUT2D eigenvalue weighted by Gasteiger charge is 2.75. The van der Waals surface area contributed by atoms with Crippen molar-refractivity contribution in [2.45, 2.75) is 63.8 Å². The Hall–Kier alpha value is -2.29. The SMILES string of the molecule is C[C@@H]1C[C@H]2[C@@H]3CCC4=CC(=O)C=C[C@]4(C)[C@@]3(F)[C@@H](O)C[C@]2(C)[C@@]1(O)C(=O)CO.c1cncnc1. The summed E-state index contributed by atoms with van der Waals surface area (Å²) in [5.41, 5.74) is -5.17. The Morgan fingerprint density at radius 1 is 1.24 bits per heavy atom. The second kappa shape index (κ2) is 8.43. The lowest BCUT2D eigenvalue weighted by atomic mass is 9.44. The van der Waals surface area contributed by atoms with E-state index in [4.69, 9.17) is 0 Å². The first-order valence-corrected chi connectivity index (χ1v) is 11.8. The summed E-state index contributed by atoms with van der Waals surface area (Å²) >= 11 is 0. The molecule has 3 N–H and O–H groups in total. The summed E-state index contributed by atoms with van der Waals surface area (Å²) in [5, 5.41) is 32.0. The standard InChI is InChI=1S/C22H29FO5.C4H4N2/c1-12-8-16-15-5-4-13-9-14(25)6-7-19(13,2)21(15,23)17(26)10-20(16,3)22(12,28)18(27)11-24;1-2-5-4-6-3-1/h6-7,9,12,15-17,24,26,28H,4-5,8,10-11H2,1-3H3;1-4H/t12-,15+,16+,17+,19+,20+,21+,22+;/m1./s1. The number of ketones is 2. The summed E-state index contributed by atoms with van der Waals surface area (Å²) in [6.07, 6.45) is 9.31. The first-order valence-electron chi connectivity index (χ1n) is 11.8. The minimum absolute atomic E-state index is 0.0676. The summed E-state index contributed by atoms with van der Waals surface area (Å²) in [5.74, 6) is -2.12. The van der Waals surface area contributed by atoms with Crippen LogP contribution in [0.4, 0.5) is 4.39 Å². The maximum atomic E-state index is 16.9. The van der Waals surface area contributed by atoms with Crippen molar-refractivity contribution in [1.29, 1.82) is 0 Å². The van der Waals surface area contributed by atoms with E-state index in [9.17, 15) is 24.9 Å². The Bertz CT molecular complexity index is 1000. The van der Waals surface area contributed by atoms with Crippen LogP contribution in [0.1, 0.15) is 46.5 Å². The molecule has 4 aliphatic carbocycles. The quantitative estimate of drug-likeness (QED) is 0.604. The van der Waals surface area contributed by atoms with Gasteiger partial charge in [0, 0.05) is 29.1 Å². The number of alkyl halides is 1. The maximum Gasteiger partial charge on any atom is 0.190 e. The van der Waals surface area contributed by atoms with Crippen molar-refractivity contribution in [2.24, 2.45) is 28.6 Å². The molecule has 0 saturated heterocycles. The number of halogens is 1. The number of aromatic nitrogens is 2. The molecule has 0 aliphatic heterocycles. The van der Waals surface area contributed by atoms with Gasteiger partial charge in [0.2, 0.25) is 0 Å². The van der Waals surface area contributed by atoms with E-state index in [1.165, 1.54) is 18.5 Å². The molecule has 184 valence electrons. The zero-order chi connectivity index (χ0) is 24.9.